The lowest BCUT2D eigenvalue weighted by molar-refractivity contribution is 0.338. The summed E-state index contributed by atoms with van der Waals surface area (Å²) in [7, 11) is 0. The molecule has 0 aliphatic carbocycles. The van der Waals surface area contributed by atoms with Gasteiger partial charge in [-0.1, -0.05) is 36.2 Å². The lowest BCUT2D eigenvalue weighted by atomic mass is 10.0. The van der Waals surface area contributed by atoms with E-state index in [2.05, 4.69) is 0 Å². The van der Waals surface area contributed by atoms with Crippen LogP contribution in [-0.2, 0) is 6.42 Å². The van der Waals surface area contributed by atoms with Gasteiger partial charge in [0.2, 0.25) is 0 Å². The number of halogens is 3. The standard InChI is InChI=1S/C13H16Cl2FNO/c1-2-11(17)5-9-3-4-13(12(16)6-9)18-8-10(15)7-14/h3-4,6-7,11H,2,5,8,17H2,1H3/b10-7-. The molecule has 0 bridgehead atoms. The third-order valence-electron chi connectivity index (χ3n) is 2.50. The molecular weight excluding hydrogens is 276 g/mol. The Morgan fingerprint density at radius 2 is 2.28 bits per heavy atom. The summed E-state index contributed by atoms with van der Waals surface area (Å²) < 4.78 is 18.9. The van der Waals surface area contributed by atoms with Crippen LogP contribution in [0.25, 0.3) is 0 Å². The van der Waals surface area contributed by atoms with Crippen molar-refractivity contribution in [3.63, 3.8) is 0 Å². The van der Waals surface area contributed by atoms with Gasteiger partial charge in [0.15, 0.2) is 11.6 Å². The average molecular weight is 292 g/mol. The normalized spacial score (nSPS) is 13.5. The van der Waals surface area contributed by atoms with E-state index in [-0.39, 0.29) is 18.4 Å². The van der Waals surface area contributed by atoms with Crippen molar-refractivity contribution in [2.24, 2.45) is 5.73 Å². The van der Waals surface area contributed by atoms with Gasteiger partial charge in [-0.05, 0) is 30.5 Å². The van der Waals surface area contributed by atoms with Crippen LogP contribution in [0.2, 0.25) is 0 Å². The van der Waals surface area contributed by atoms with E-state index in [1.165, 1.54) is 11.6 Å². The molecule has 2 N–H and O–H groups in total. The Kier molecular flexibility index (Phi) is 6.47. The van der Waals surface area contributed by atoms with Crippen molar-refractivity contribution in [1.29, 1.82) is 0 Å². The second kappa shape index (κ2) is 7.62. The van der Waals surface area contributed by atoms with Crippen LogP contribution in [-0.4, -0.2) is 12.6 Å². The van der Waals surface area contributed by atoms with Crippen molar-refractivity contribution in [3.05, 3.63) is 40.1 Å². The molecule has 1 atom stereocenters. The molecule has 0 saturated heterocycles. The van der Waals surface area contributed by atoms with E-state index in [1.807, 2.05) is 6.92 Å². The van der Waals surface area contributed by atoms with Gasteiger partial charge in [-0.15, -0.1) is 0 Å². The second-order valence-electron chi connectivity index (χ2n) is 3.98. The number of nitrogens with two attached hydrogens (primary N) is 1. The first-order valence-electron chi connectivity index (χ1n) is 5.68. The number of ether oxygens (including phenoxy) is 1. The predicted octanol–water partition coefficient (Wildman–Crippen LogP) is 3.80. The molecule has 1 unspecified atom stereocenters. The molecule has 5 heteroatoms. The second-order valence-corrected chi connectivity index (χ2v) is 4.69. The summed E-state index contributed by atoms with van der Waals surface area (Å²) in [6.45, 7) is 2.05. The molecule has 100 valence electrons. The predicted molar refractivity (Wildman–Crippen MR) is 73.7 cm³/mol. The van der Waals surface area contributed by atoms with Gasteiger partial charge in [0.1, 0.15) is 6.61 Å². The first-order chi connectivity index (χ1) is 8.56. The van der Waals surface area contributed by atoms with Crippen LogP contribution in [0.1, 0.15) is 18.9 Å². The number of hydrogen-bond donors (Lipinski definition) is 1. The van der Waals surface area contributed by atoms with E-state index in [0.717, 1.165) is 12.0 Å². The lowest BCUT2D eigenvalue weighted by Gasteiger charge is -2.11. The Labute approximate surface area is 117 Å². The van der Waals surface area contributed by atoms with Crippen molar-refractivity contribution < 1.29 is 9.13 Å². The van der Waals surface area contributed by atoms with Crippen molar-refractivity contribution in [2.75, 3.05) is 6.61 Å². The Morgan fingerprint density at radius 1 is 1.56 bits per heavy atom. The minimum atomic E-state index is -0.421. The molecule has 0 spiro atoms. The molecule has 0 heterocycles. The first kappa shape index (κ1) is 15.3. The highest BCUT2D eigenvalue weighted by Crippen LogP contribution is 2.20. The van der Waals surface area contributed by atoms with E-state index in [1.54, 1.807) is 12.1 Å². The monoisotopic (exact) mass is 291 g/mol. The minimum Gasteiger partial charge on any atom is -0.485 e. The SMILES string of the molecule is CCC(N)Cc1ccc(OC/C(Cl)=C/Cl)c(F)c1. The van der Waals surface area contributed by atoms with Crippen molar-refractivity contribution >= 4 is 23.2 Å². The fourth-order valence-corrected chi connectivity index (χ4v) is 1.53. The maximum absolute atomic E-state index is 13.7. The van der Waals surface area contributed by atoms with Crippen LogP contribution in [0.5, 0.6) is 5.75 Å². The van der Waals surface area contributed by atoms with Crippen molar-refractivity contribution in [3.8, 4) is 5.75 Å². The summed E-state index contributed by atoms with van der Waals surface area (Å²) in [6, 6.07) is 4.85. The molecule has 0 saturated carbocycles. The number of hydrogen-bond acceptors (Lipinski definition) is 2. The van der Waals surface area contributed by atoms with Gasteiger partial charge in [-0.3, -0.25) is 0 Å². The molecule has 0 radical (unpaired) electrons. The number of rotatable bonds is 6. The van der Waals surface area contributed by atoms with Crippen LogP contribution in [0.4, 0.5) is 4.39 Å². The van der Waals surface area contributed by atoms with Crippen molar-refractivity contribution in [1.82, 2.24) is 0 Å². The third-order valence-corrected chi connectivity index (χ3v) is 3.10. The fourth-order valence-electron chi connectivity index (χ4n) is 1.41. The maximum atomic E-state index is 13.7. The van der Waals surface area contributed by atoms with Crippen LogP contribution in [0.15, 0.2) is 28.8 Å². The van der Waals surface area contributed by atoms with Gasteiger partial charge in [-0.25, -0.2) is 4.39 Å². The molecule has 18 heavy (non-hydrogen) atoms. The summed E-state index contributed by atoms with van der Waals surface area (Å²) >= 11 is 11.0. The molecule has 0 fully saturated rings. The lowest BCUT2D eigenvalue weighted by Crippen LogP contribution is -2.21. The third kappa shape index (κ3) is 4.84. The van der Waals surface area contributed by atoms with E-state index < -0.39 is 5.82 Å². The van der Waals surface area contributed by atoms with Crippen LogP contribution < -0.4 is 10.5 Å². The molecule has 0 aliphatic heterocycles. The molecular formula is C13H16Cl2FNO. The smallest absolute Gasteiger partial charge is 0.165 e. The topological polar surface area (TPSA) is 35.2 Å². The Bertz CT molecular complexity index is 423. The first-order valence-corrected chi connectivity index (χ1v) is 6.49. The van der Waals surface area contributed by atoms with Crippen LogP contribution in [0, 0.1) is 5.82 Å². The summed E-state index contributed by atoms with van der Waals surface area (Å²) in [6.07, 6.45) is 1.51. The minimum absolute atomic E-state index is 0.0461. The molecule has 1 rings (SSSR count). The van der Waals surface area contributed by atoms with E-state index >= 15 is 0 Å². The van der Waals surface area contributed by atoms with Gasteiger partial charge in [-0.2, -0.15) is 0 Å². The molecule has 1 aromatic carbocycles. The highest BCUT2D eigenvalue weighted by molar-refractivity contribution is 6.36. The quantitative estimate of drug-likeness (QED) is 0.865. The molecule has 0 aromatic heterocycles. The Hall–Kier alpha value is -0.770. The molecule has 1 aromatic rings. The van der Waals surface area contributed by atoms with Gasteiger partial charge in [0.05, 0.1) is 5.03 Å². The fraction of sp³-hybridized carbons (Fsp3) is 0.385. The van der Waals surface area contributed by atoms with Gasteiger partial charge in [0, 0.05) is 11.6 Å². The maximum Gasteiger partial charge on any atom is 0.165 e. The average Bonchev–Trinajstić information content (AvgIpc) is 2.37. The largest absolute Gasteiger partial charge is 0.485 e. The van der Waals surface area contributed by atoms with Crippen LogP contribution in [0.3, 0.4) is 0 Å². The van der Waals surface area contributed by atoms with Gasteiger partial charge in [0.25, 0.3) is 0 Å². The summed E-state index contributed by atoms with van der Waals surface area (Å²) in [5, 5.41) is 0.313. The zero-order chi connectivity index (χ0) is 13.5. The van der Waals surface area contributed by atoms with E-state index in [0.29, 0.717) is 11.5 Å². The van der Waals surface area contributed by atoms with Gasteiger partial charge >= 0.3 is 0 Å². The molecule has 0 amide bonds. The number of benzene rings is 1. The molecule has 0 aliphatic rings. The Balaban J connectivity index is 2.67. The summed E-state index contributed by atoms with van der Waals surface area (Å²) in [5.74, 6) is -0.268. The zero-order valence-electron chi connectivity index (χ0n) is 10.1. The molecule has 2 nitrogen and oxygen atoms in total. The van der Waals surface area contributed by atoms with E-state index in [4.69, 9.17) is 33.7 Å². The zero-order valence-corrected chi connectivity index (χ0v) is 11.6. The van der Waals surface area contributed by atoms with Gasteiger partial charge < -0.3 is 10.5 Å². The van der Waals surface area contributed by atoms with E-state index in [9.17, 15) is 4.39 Å². The van der Waals surface area contributed by atoms with Crippen LogP contribution >= 0.6 is 23.2 Å². The summed E-state index contributed by atoms with van der Waals surface area (Å²) in [4.78, 5) is 0. The highest BCUT2D eigenvalue weighted by atomic mass is 35.5. The highest BCUT2D eigenvalue weighted by Gasteiger charge is 2.07. The Morgan fingerprint density at radius 3 is 2.83 bits per heavy atom. The van der Waals surface area contributed by atoms with Crippen molar-refractivity contribution in [2.45, 2.75) is 25.8 Å². The summed E-state index contributed by atoms with van der Waals surface area (Å²) in [5.41, 5.74) is 7.86.